The van der Waals surface area contributed by atoms with E-state index < -0.39 is 10.0 Å². The predicted molar refractivity (Wildman–Crippen MR) is 77.0 cm³/mol. The third-order valence-corrected chi connectivity index (χ3v) is 4.24. The van der Waals surface area contributed by atoms with Gasteiger partial charge in [0, 0.05) is 11.0 Å². The lowest BCUT2D eigenvalue weighted by Gasteiger charge is -2.14. The molecule has 6 nitrogen and oxygen atoms in total. The monoisotopic (exact) mass is 349 g/mol. The standard InChI is InChI=1S/C11H16BrN3O3S/c1-2-7(6-13)11(16)15-10-4-3-8(5-9(10)12)19(14,17)18/h3-5,7H,2,6,13H2,1H3,(H,15,16)(H2,14,17,18). The molecule has 0 bridgehead atoms. The van der Waals surface area contributed by atoms with Crippen LogP contribution in [-0.4, -0.2) is 20.9 Å². The Labute approximate surface area is 120 Å². The number of amides is 1. The average molecular weight is 350 g/mol. The maximum Gasteiger partial charge on any atom is 0.238 e. The SMILES string of the molecule is CCC(CN)C(=O)Nc1ccc(S(N)(=O)=O)cc1Br. The molecular weight excluding hydrogens is 334 g/mol. The summed E-state index contributed by atoms with van der Waals surface area (Å²) in [5.74, 6) is -0.473. The van der Waals surface area contributed by atoms with Crippen molar-refractivity contribution in [3.8, 4) is 0 Å². The van der Waals surface area contributed by atoms with Crippen LogP contribution in [0, 0.1) is 5.92 Å². The number of benzene rings is 1. The molecule has 1 unspecified atom stereocenters. The summed E-state index contributed by atoms with van der Waals surface area (Å²) in [6.07, 6.45) is 0.634. The minimum Gasteiger partial charge on any atom is -0.330 e. The van der Waals surface area contributed by atoms with E-state index in [1.54, 1.807) is 0 Å². The fourth-order valence-corrected chi connectivity index (χ4v) is 2.64. The second-order valence-electron chi connectivity index (χ2n) is 4.02. The van der Waals surface area contributed by atoms with Crippen LogP contribution in [0.15, 0.2) is 27.6 Å². The minimum absolute atomic E-state index is 0.0248. The predicted octanol–water partition coefficient (Wildman–Crippen LogP) is 1.02. The van der Waals surface area contributed by atoms with Crippen LogP contribution in [-0.2, 0) is 14.8 Å². The summed E-state index contributed by atoms with van der Waals surface area (Å²) in [7, 11) is -3.76. The normalized spacial score (nSPS) is 13.1. The molecule has 106 valence electrons. The van der Waals surface area contributed by atoms with Crippen molar-refractivity contribution < 1.29 is 13.2 Å². The third-order valence-electron chi connectivity index (χ3n) is 2.68. The molecule has 0 aliphatic carbocycles. The van der Waals surface area contributed by atoms with Gasteiger partial charge in [0.1, 0.15) is 0 Å². The lowest BCUT2D eigenvalue weighted by Crippen LogP contribution is -2.28. The van der Waals surface area contributed by atoms with E-state index in [1.165, 1.54) is 18.2 Å². The molecule has 19 heavy (non-hydrogen) atoms. The number of carbonyl (C=O) groups is 1. The van der Waals surface area contributed by atoms with Gasteiger partial charge in [-0.3, -0.25) is 4.79 Å². The molecule has 0 fully saturated rings. The fourth-order valence-electron chi connectivity index (χ4n) is 1.47. The van der Waals surface area contributed by atoms with Crippen LogP contribution in [0.25, 0.3) is 0 Å². The van der Waals surface area contributed by atoms with Crippen molar-refractivity contribution in [3.63, 3.8) is 0 Å². The summed E-state index contributed by atoms with van der Waals surface area (Å²) in [6, 6.07) is 4.15. The number of primary sulfonamides is 1. The first-order valence-corrected chi connectivity index (χ1v) is 7.96. The Bertz CT molecular complexity index is 571. The first kappa shape index (κ1) is 16.1. The van der Waals surface area contributed by atoms with Crippen molar-refractivity contribution in [2.75, 3.05) is 11.9 Å². The van der Waals surface area contributed by atoms with Crippen molar-refractivity contribution >= 4 is 37.5 Å². The first-order valence-electron chi connectivity index (χ1n) is 5.62. The van der Waals surface area contributed by atoms with Gasteiger partial charge in [-0.25, -0.2) is 13.6 Å². The molecule has 1 rings (SSSR count). The number of anilines is 1. The molecule has 0 saturated heterocycles. The summed E-state index contributed by atoms with van der Waals surface area (Å²) < 4.78 is 22.8. The van der Waals surface area contributed by atoms with E-state index in [-0.39, 0.29) is 23.3 Å². The van der Waals surface area contributed by atoms with Crippen molar-refractivity contribution in [1.82, 2.24) is 0 Å². The van der Waals surface area contributed by atoms with Crippen LogP contribution < -0.4 is 16.2 Å². The van der Waals surface area contributed by atoms with Gasteiger partial charge in [-0.15, -0.1) is 0 Å². The molecule has 1 amide bonds. The number of rotatable bonds is 5. The number of nitrogens with one attached hydrogen (secondary N) is 1. The molecule has 1 aromatic carbocycles. The van der Waals surface area contributed by atoms with Crippen LogP contribution in [0.3, 0.4) is 0 Å². The van der Waals surface area contributed by atoms with Gasteiger partial charge in [-0.05, 0) is 40.5 Å². The van der Waals surface area contributed by atoms with E-state index in [0.717, 1.165) is 0 Å². The highest BCUT2D eigenvalue weighted by Crippen LogP contribution is 2.25. The number of sulfonamides is 1. The van der Waals surface area contributed by atoms with Gasteiger partial charge >= 0.3 is 0 Å². The smallest absolute Gasteiger partial charge is 0.238 e. The molecule has 1 aromatic rings. The summed E-state index contributed by atoms with van der Waals surface area (Å²) in [5, 5.41) is 7.71. The molecule has 1 atom stereocenters. The Morgan fingerprint density at radius 3 is 2.53 bits per heavy atom. The summed E-state index contributed by atoms with van der Waals surface area (Å²) in [6.45, 7) is 2.13. The summed E-state index contributed by atoms with van der Waals surface area (Å²) in [4.78, 5) is 11.8. The molecule has 0 aromatic heterocycles. The number of carbonyl (C=O) groups excluding carboxylic acids is 1. The molecule has 5 N–H and O–H groups in total. The zero-order chi connectivity index (χ0) is 14.6. The van der Waals surface area contributed by atoms with Crippen molar-refractivity contribution in [3.05, 3.63) is 22.7 Å². The topological polar surface area (TPSA) is 115 Å². The van der Waals surface area contributed by atoms with E-state index in [9.17, 15) is 13.2 Å². The molecule has 0 radical (unpaired) electrons. The molecule has 0 spiro atoms. The van der Waals surface area contributed by atoms with Crippen molar-refractivity contribution in [2.24, 2.45) is 16.8 Å². The number of halogens is 1. The molecular formula is C11H16BrN3O3S. The Morgan fingerprint density at radius 1 is 1.47 bits per heavy atom. The number of nitrogens with two attached hydrogens (primary N) is 2. The first-order chi connectivity index (χ1) is 8.79. The van der Waals surface area contributed by atoms with E-state index in [1.807, 2.05) is 6.92 Å². The second-order valence-corrected chi connectivity index (χ2v) is 6.43. The van der Waals surface area contributed by atoms with E-state index >= 15 is 0 Å². The van der Waals surface area contributed by atoms with E-state index in [4.69, 9.17) is 10.9 Å². The van der Waals surface area contributed by atoms with E-state index in [0.29, 0.717) is 16.6 Å². The maximum absolute atomic E-state index is 11.9. The zero-order valence-corrected chi connectivity index (χ0v) is 12.8. The Hall–Kier alpha value is -0.960. The van der Waals surface area contributed by atoms with Gasteiger partial charge in [0.25, 0.3) is 0 Å². The molecule has 0 saturated carbocycles. The van der Waals surface area contributed by atoms with E-state index in [2.05, 4.69) is 21.2 Å². The van der Waals surface area contributed by atoms with Crippen LogP contribution in [0.2, 0.25) is 0 Å². The Kier molecular flexibility index (Phi) is 5.48. The summed E-state index contributed by atoms with van der Waals surface area (Å²) in [5.41, 5.74) is 5.96. The average Bonchev–Trinajstić information content (AvgIpc) is 2.32. The maximum atomic E-state index is 11.9. The number of hydrogen-bond acceptors (Lipinski definition) is 4. The van der Waals surface area contributed by atoms with Crippen molar-refractivity contribution in [1.29, 1.82) is 0 Å². The molecule has 0 aliphatic rings. The van der Waals surface area contributed by atoms with Crippen molar-refractivity contribution in [2.45, 2.75) is 18.2 Å². The van der Waals surface area contributed by atoms with Crippen LogP contribution in [0.1, 0.15) is 13.3 Å². The third kappa shape index (κ3) is 4.27. The lowest BCUT2D eigenvalue weighted by molar-refractivity contribution is -0.119. The van der Waals surface area contributed by atoms with Crippen LogP contribution >= 0.6 is 15.9 Å². The lowest BCUT2D eigenvalue weighted by atomic mass is 10.1. The van der Waals surface area contributed by atoms with Gasteiger partial charge in [-0.1, -0.05) is 6.92 Å². The molecule has 0 aliphatic heterocycles. The highest BCUT2D eigenvalue weighted by molar-refractivity contribution is 9.10. The Balaban J connectivity index is 2.96. The van der Waals surface area contributed by atoms with Gasteiger partial charge < -0.3 is 11.1 Å². The quantitative estimate of drug-likeness (QED) is 0.735. The summed E-state index contributed by atoms with van der Waals surface area (Å²) >= 11 is 3.20. The number of hydrogen-bond donors (Lipinski definition) is 3. The van der Waals surface area contributed by atoms with Gasteiger partial charge in [0.2, 0.25) is 15.9 Å². The molecule has 0 heterocycles. The Morgan fingerprint density at radius 2 is 2.11 bits per heavy atom. The van der Waals surface area contributed by atoms with Gasteiger partial charge in [0.15, 0.2) is 0 Å². The minimum atomic E-state index is -3.76. The molecule has 8 heteroatoms. The fraction of sp³-hybridized carbons (Fsp3) is 0.364. The highest BCUT2D eigenvalue weighted by Gasteiger charge is 2.16. The largest absolute Gasteiger partial charge is 0.330 e. The zero-order valence-electron chi connectivity index (χ0n) is 10.4. The van der Waals surface area contributed by atoms with Gasteiger partial charge in [-0.2, -0.15) is 0 Å². The van der Waals surface area contributed by atoms with Gasteiger partial charge in [0.05, 0.1) is 16.5 Å². The second kappa shape index (κ2) is 6.47. The highest BCUT2D eigenvalue weighted by atomic mass is 79.9. The van der Waals surface area contributed by atoms with Crippen LogP contribution in [0.5, 0.6) is 0 Å². The van der Waals surface area contributed by atoms with Crippen LogP contribution in [0.4, 0.5) is 5.69 Å².